The van der Waals surface area contributed by atoms with Crippen LogP contribution in [0.2, 0.25) is 5.02 Å². The minimum Gasteiger partial charge on any atom is -0.497 e. The van der Waals surface area contributed by atoms with Gasteiger partial charge in [0.25, 0.3) is 0 Å². The number of rotatable bonds is 10. The lowest BCUT2D eigenvalue weighted by molar-refractivity contribution is -0.143. The van der Waals surface area contributed by atoms with Crippen LogP contribution in [-0.2, 0) is 4.79 Å². The molecular weight excluding hydrogens is 506 g/mol. The van der Waals surface area contributed by atoms with Gasteiger partial charge in [-0.05, 0) is 68.4 Å². The number of fused-ring (bicyclic) bond motifs is 1. The molecule has 0 unspecified atom stereocenters. The van der Waals surface area contributed by atoms with Crippen molar-refractivity contribution in [1.82, 2.24) is 15.4 Å². The number of nitrogens with one attached hydrogen (secondary N) is 1. The van der Waals surface area contributed by atoms with E-state index in [1.807, 2.05) is 35.4 Å². The normalized spacial score (nSPS) is 16.8. The second-order valence-electron chi connectivity index (χ2n) is 8.80. The quantitative estimate of drug-likeness (QED) is 0.188. The second-order valence-corrected chi connectivity index (χ2v) is 11.6. The molecule has 3 N–H and O–H groups in total. The molecule has 0 saturated carbocycles. The maximum Gasteiger partial charge on any atom is 0.249 e. The van der Waals surface area contributed by atoms with Gasteiger partial charge in [-0.3, -0.25) is 15.0 Å². The van der Waals surface area contributed by atoms with E-state index in [0.717, 1.165) is 30.8 Å². The summed E-state index contributed by atoms with van der Waals surface area (Å²) in [5.74, 6) is 1.26. The van der Waals surface area contributed by atoms with Gasteiger partial charge in [0.2, 0.25) is 5.91 Å². The molecule has 0 radical (unpaired) electrons. The Morgan fingerprint density at radius 3 is 2.86 bits per heavy atom. The maximum atomic E-state index is 12.8. The molecule has 4 rings (SSSR count). The summed E-state index contributed by atoms with van der Waals surface area (Å²) in [6.45, 7) is 2.48. The van der Waals surface area contributed by atoms with E-state index in [-0.39, 0.29) is 5.91 Å². The monoisotopic (exact) mass is 535 g/mol. The Labute approximate surface area is 218 Å². The number of hydroxylamine groups is 1. The van der Waals surface area contributed by atoms with Crippen LogP contribution in [0.4, 0.5) is 0 Å². The predicted octanol–water partition coefficient (Wildman–Crippen LogP) is 5.15. The number of pyridine rings is 1. The molecule has 1 fully saturated rings. The van der Waals surface area contributed by atoms with Gasteiger partial charge in [0.1, 0.15) is 5.75 Å². The fourth-order valence-electron chi connectivity index (χ4n) is 4.73. The lowest BCUT2D eigenvalue weighted by Crippen LogP contribution is -2.48. The molecule has 1 amide bonds. The fraction of sp³-hybridized carbons (Fsp3) is 0.440. The van der Waals surface area contributed by atoms with Crippen LogP contribution in [0.1, 0.15) is 37.4 Å². The summed E-state index contributed by atoms with van der Waals surface area (Å²) >= 11 is 10.0. The Balaban J connectivity index is 1.42. The van der Waals surface area contributed by atoms with Gasteiger partial charge in [0.15, 0.2) is 0 Å². The third kappa shape index (κ3) is 6.10. The number of thiophene rings is 1. The number of nitrogens with zero attached hydrogens (tertiary/aromatic N) is 2. The van der Waals surface area contributed by atoms with E-state index >= 15 is 0 Å². The van der Waals surface area contributed by atoms with Gasteiger partial charge in [0, 0.05) is 29.4 Å². The van der Waals surface area contributed by atoms with Crippen LogP contribution in [0.25, 0.3) is 10.9 Å². The smallest absolute Gasteiger partial charge is 0.249 e. The van der Waals surface area contributed by atoms with E-state index in [4.69, 9.17) is 16.3 Å². The molecule has 0 bridgehead atoms. The number of piperidine rings is 1. The third-order valence-electron chi connectivity index (χ3n) is 6.84. The summed E-state index contributed by atoms with van der Waals surface area (Å²) in [7, 11) is 1.58. The predicted molar refractivity (Wildman–Crippen MR) is 141 cm³/mol. The van der Waals surface area contributed by atoms with Crippen LogP contribution in [0.3, 0.4) is 0 Å². The number of hydrogen-bond donors (Lipinski definition) is 3. The zero-order chi connectivity index (χ0) is 24.8. The lowest BCUT2D eigenvalue weighted by atomic mass is 9.73. The molecule has 0 aliphatic carbocycles. The molecule has 188 valence electrons. The SMILES string of the molecule is COc1ccc2ncc(Cl)c([C@H](O)CCC3(C(=O)NO)CCN(CCSc4cccs4)CC3)c2c1. The number of methoxy groups -OCH3 is 1. The van der Waals surface area contributed by atoms with Crippen molar-refractivity contribution in [3.8, 4) is 5.75 Å². The summed E-state index contributed by atoms with van der Waals surface area (Å²) in [6, 6.07) is 9.64. The lowest BCUT2D eigenvalue weighted by Gasteiger charge is -2.40. The number of ether oxygens (including phenoxy) is 1. The molecular formula is C25H30ClN3O4S2. The summed E-state index contributed by atoms with van der Waals surface area (Å²) in [4.78, 5) is 19.5. The van der Waals surface area contributed by atoms with Crippen molar-refractivity contribution in [2.45, 2.75) is 36.0 Å². The Bertz CT molecular complexity index is 1140. The number of thioether (sulfide) groups is 1. The number of carbonyl (C=O) groups is 1. The van der Waals surface area contributed by atoms with Gasteiger partial charge < -0.3 is 14.7 Å². The number of likely N-dealkylation sites (tertiary alicyclic amines) is 1. The van der Waals surface area contributed by atoms with Gasteiger partial charge >= 0.3 is 0 Å². The van der Waals surface area contributed by atoms with E-state index in [0.29, 0.717) is 47.5 Å². The van der Waals surface area contributed by atoms with Crippen molar-refractivity contribution in [3.63, 3.8) is 0 Å². The van der Waals surface area contributed by atoms with E-state index < -0.39 is 11.5 Å². The zero-order valence-corrected chi connectivity index (χ0v) is 22.0. The number of aliphatic hydroxyl groups excluding tert-OH is 1. The number of halogens is 1. The third-order valence-corrected chi connectivity index (χ3v) is 9.25. The first kappa shape index (κ1) is 26.2. The summed E-state index contributed by atoms with van der Waals surface area (Å²) in [6.07, 6.45) is 2.66. The molecule has 0 spiro atoms. The van der Waals surface area contributed by atoms with Crippen molar-refractivity contribution >= 4 is 51.5 Å². The highest BCUT2D eigenvalue weighted by Crippen LogP contribution is 2.41. The van der Waals surface area contributed by atoms with Crippen LogP contribution in [0.15, 0.2) is 46.1 Å². The number of aromatic nitrogens is 1. The molecule has 10 heteroatoms. The van der Waals surface area contributed by atoms with Crippen molar-refractivity contribution < 1.29 is 19.8 Å². The van der Waals surface area contributed by atoms with Gasteiger partial charge in [0.05, 0.1) is 33.4 Å². The highest BCUT2D eigenvalue weighted by atomic mass is 35.5. The topological polar surface area (TPSA) is 94.9 Å². The highest BCUT2D eigenvalue weighted by molar-refractivity contribution is 8.01. The fourth-order valence-corrected chi connectivity index (χ4v) is 6.86. The Morgan fingerprint density at radius 2 is 2.17 bits per heavy atom. The Hall–Kier alpha value is -1.88. The average molecular weight is 536 g/mol. The number of carbonyl (C=O) groups excluding carboxylic acids is 1. The summed E-state index contributed by atoms with van der Waals surface area (Å²) < 4.78 is 6.64. The molecule has 1 atom stereocenters. The molecule has 7 nitrogen and oxygen atoms in total. The first-order valence-corrected chi connectivity index (χ1v) is 13.8. The van der Waals surface area contributed by atoms with Crippen LogP contribution >= 0.6 is 34.7 Å². The van der Waals surface area contributed by atoms with Crippen molar-refractivity contribution in [1.29, 1.82) is 0 Å². The standard InChI is InChI=1S/C25H30ClN3O4S2/c1-33-17-4-5-20-18(15-17)23(19(26)16-27-20)21(30)6-7-25(24(31)28-32)8-10-29(11-9-25)12-14-35-22-3-2-13-34-22/h2-5,13,15-16,21,30,32H,6-12,14H2,1H3,(H,28,31)/t21-/m1/s1. The second kappa shape index (κ2) is 11.9. The molecule has 3 heterocycles. The average Bonchev–Trinajstić information content (AvgIpc) is 3.40. The van der Waals surface area contributed by atoms with Gasteiger partial charge in [-0.25, -0.2) is 5.48 Å². The van der Waals surface area contributed by atoms with Crippen molar-refractivity contribution in [2.24, 2.45) is 5.41 Å². The van der Waals surface area contributed by atoms with Crippen LogP contribution in [0, 0.1) is 5.41 Å². The number of benzene rings is 1. The molecule has 3 aromatic rings. The molecule has 1 aliphatic heterocycles. The van der Waals surface area contributed by atoms with Crippen LogP contribution < -0.4 is 10.2 Å². The molecule has 2 aromatic heterocycles. The van der Waals surface area contributed by atoms with E-state index in [1.165, 1.54) is 10.4 Å². The number of aliphatic hydroxyl groups is 1. The molecule has 1 aliphatic rings. The Kier molecular flexibility index (Phi) is 8.91. The molecule has 35 heavy (non-hydrogen) atoms. The number of amides is 1. The van der Waals surface area contributed by atoms with Crippen molar-refractivity contribution in [2.75, 3.05) is 32.5 Å². The largest absolute Gasteiger partial charge is 0.497 e. The summed E-state index contributed by atoms with van der Waals surface area (Å²) in [5.41, 5.74) is 2.43. The van der Waals surface area contributed by atoms with Gasteiger partial charge in [-0.2, -0.15) is 0 Å². The highest BCUT2D eigenvalue weighted by Gasteiger charge is 2.41. The van der Waals surface area contributed by atoms with E-state index in [1.54, 1.807) is 18.4 Å². The van der Waals surface area contributed by atoms with Gasteiger partial charge in [-0.1, -0.05) is 17.7 Å². The zero-order valence-electron chi connectivity index (χ0n) is 19.6. The maximum absolute atomic E-state index is 12.8. The molecule has 1 aromatic carbocycles. The minimum absolute atomic E-state index is 0.331. The van der Waals surface area contributed by atoms with Gasteiger partial charge in [-0.15, -0.1) is 23.1 Å². The minimum atomic E-state index is -0.885. The van der Waals surface area contributed by atoms with Crippen LogP contribution in [-0.4, -0.2) is 58.6 Å². The Morgan fingerprint density at radius 1 is 1.37 bits per heavy atom. The summed E-state index contributed by atoms with van der Waals surface area (Å²) in [5, 5.41) is 23.8. The number of hydrogen-bond acceptors (Lipinski definition) is 8. The van der Waals surface area contributed by atoms with E-state index in [9.17, 15) is 15.1 Å². The van der Waals surface area contributed by atoms with Crippen molar-refractivity contribution in [3.05, 3.63) is 52.5 Å². The molecule has 1 saturated heterocycles. The first-order valence-electron chi connectivity index (χ1n) is 11.6. The van der Waals surface area contributed by atoms with Crippen LogP contribution in [0.5, 0.6) is 5.75 Å². The first-order chi connectivity index (χ1) is 17.0. The van der Waals surface area contributed by atoms with E-state index in [2.05, 4.69) is 27.4 Å².